The van der Waals surface area contributed by atoms with E-state index in [1.54, 1.807) is 33.8 Å². The smallest absolute Gasteiger partial charge is 0.254 e. The predicted octanol–water partition coefficient (Wildman–Crippen LogP) is 5.41. The second-order valence-corrected chi connectivity index (χ2v) is 15.3. The number of pyridine rings is 1. The Hall–Kier alpha value is -5.76. The lowest BCUT2D eigenvalue weighted by Gasteiger charge is -2.42. The quantitative estimate of drug-likeness (QED) is 0.175. The lowest BCUT2D eigenvalue weighted by atomic mass is 9.88. The number of hydrogen-bond donors (Lipinski definition) is 3. The number of likely N-dealkylation sites (tertiary alicyclic amines) is 1. The Bertz CT molecular complexity index is 2290. The lowest BCUT2D eigenvalue weighted by molar-refractivity contribution is -0.134. The number of aryl methyl sites for hydroxylation is 2. The molecule has 8 rings (SSSR count). The first-order valence-electron chi connectivity index (χ1n) is 18.6. The second kappa shape index (κ2) is 14.5. The molecule has 0 bridgehead atoms. The molecule has 3 saturated heterocycles. The molecule has 0 aliphatic carbocycles. The molecule has 6 heterocycles. The fourth-order valence-electron chi connectivity index (χ4n) is 7.90. The fourth-order valence-corrected chi connectivity index (χ4v) is 8.08. The first-order chi connectivity index (χ1) is 26.4. The highest BCUT2D eigenvalue weighted by Gasteiger charge is 2.39. The number of halogens is 1. The van der Waals surface area contributed by atoms with Crippen LogP contribution >= 0.6 is 11.6 Å². The summed E-state index contributed by atoms with van der Waals surface area (Å²) in [5.74, 6) is 0.319. The molecule has 3 aromatic heterocycles. The number of benzene rings is 2. The number of carbonyl (C=O) groups excluding carboxylic acids is 4. The molecule has 5 aromatic rings. The van der Waals surface area contributed by atoms with E-state index in [9.17, 15) is 19.2 Å². The number of nitrogens with zero attached hydrogens (tertiary/aromatic N) is 6. The summed E-state index contributed by atoms with van der Waals surface area (Å²) in [4.78, 5) is 67.6. The van der Waals surface area contributed by atoms with Gasteiger partial charge in [0, 0.05) is 56.1 Å². The van der Waals surface area contributed by atoms with E-state index in [1.165, 1.54) is 6.20 Å². The van der Waals surface area contributed by atoms with Crippen LogP contribution in [0.2, 0.25) is 5.02 Å². The number of aromatic nitrogens is 5. The number of nitrogens with one attached hydrogen (secondary N) is 3. The number of imidazole rings is 1. The van der Waals surface area contributed by atoms with Crippen LogP contribution in [0.3, 0.4) is 0 Å². The number of amides is 4. The molecule has 0 saturated carbocycles. The largest absolute Gasteiger partial charge is 0.453 e. The monoisotopic (exact) mass is 763 g/mol. The Kier molecular flexibility index (Phi) is 9.53. The third-order valence-electron chi connectivity index (χ3n) is 11.0. The number of fused-ring (bicyclic) bond motifs is 1. The zero-order valence-corrected chi connectivity index (χ0v) is 31.7. The molecular weight excluding hydrogens is 722 g/mol. The van der Waals surface area contributed by atoms with Crippen LogP contribution in [0.4, 0.5) is 5.69 Å². The average molecular weight is 764 g/mol. The van der Waals surface area contributed by atoms with Crippen LogP contribution in [-0.2, 0) is 21.4 Å². The van der Waals surface area contributed by atoms with Crippen molar-refractivity contribution in [2.45, 2.75) is 69.9 Å². The molecule has 0 radical (unpaired) electrons. The van der Waals surface area contributed by atoms with E-state index < -0.39 is 11.6 Å². The van der Waals surface area contributed by atoms with E-state index in [4.69, 9.17) is 16.3 Å². The Labute approximate surface area is 322 Å². The zero-order valence-electron chi connectivity index (χ0n) is 30.9. The molecule has 2 aromatic carbocycles. The topological polar surface area (TPSA) is 167 Å². The van der Waals surface area contributed by atoms with Crippen molar-refractivity contribution in [1.29, 1.82) is 0 Å². The summed E-state index contributed by atoms with van der Waals surface area (Å²) >= 11 is 6.54. The summed E-state index contributed by atoms with van der Waals surface area (Å²) in [6.07, 6.45) is 7.06. The first-order valence-corrected chi connectivity index (χ1v) is 19.0. The summed E-state index contributed by atoms with van der Waals surface area (Å²) in [6, 6.07) is 14.2. The van der Waals surface area contributed by atoms with Gasteiger partial charge in [0.05, 0.1) is 23.4 Å². The van der Waals surface area contributed by atoms with Crippen LogP contribution < -0.4 is 20.3 Å². The van der Waals surface area contributed by atoms with Gasteiger partial charge in [0.25, 0.3) is 5.91 Å². The molecule has 55 heavy (non-hydrogen) atoms. The molecule has 3 aliphatic rings. The highest BCUT2D eigenvalue weighted by atomic mass is 35.5. The number of piperidine rings is 2. The van der Waals surface area contributed by atoms with Gasteiger partial charge in [-0.3, -0.25) is 29.2 Å². The molecule has 4 amide bonds. The normalized spacial score (nSPS) is 19.8. The standard InChI is InChI=1S/C40H42ClN9O5/c1-23-29(22-48(3)47-23)35-44-33-34(30(41)21-42-36(33)45-35)55-27-12-8-25(9-13-27)39(54)50-18-4-5-31(50)38(53)46-40(2)16-19-49(20-17-40)26-10-6-24(7-11-26)28-14-15-32(51)43-37(28)52/h6-13,21-22,28,31H,4-5,14-20H2,1-3H3,(H,46,53)(H,42,44,45)(H,43,51,52)/t28-,31-/m0/s1. The maximum absolute atomic E-state index is 13.8. The highest BCUT2D eigenvalue weighted by molar-refractivity contribution is 6.32. The summed E-state index contributed by atoms with van der Waals surface area (Å²) in [5, 5.41) is 10.4. The Morgan fingerprint density at radius 3 is 2.45 bits per heavy atom. The number of anilines is 1. The third kappa shape index (κ3) is 7.25. The number of carbonyl (C=O) groups is 4. The number of hydrogen-bond acceptors (Lipinski definition) is 9. The molecule has 3 aliphatic heterocycles. The number of ether oxygens (including phenoxy) is 1. The van der Waals surface area contributed by atoms with Gasteiger partial charge in [-0.1, -0.05) is 23.7 Å². The van der Waals surface area contributed by atoms with Crippen molar-refractivity contribution >= 4 is 52.1 Å². The number of aromatic amines is 1. The summed E-state index contributed by atoms with van der Waals surface area (Å²) in [5.41, 5.74) is 4.64. The number of rotatable bonds is 8. The van der Waals surface area contributed by atoms with E-state index in [1.807, 2.05) is 44.4 Å². The van der Waals surface area contributed by atoms with Gasteiger partial charge < -0.3 is 24.8 Å². The van der Waals surface area contributed by atoms with E-state index >= 15 is 0 Å². The molecule has 3 fully saturated rings. The molecule has 3 N–H and O–H groups in total. The predicted molar refractivity (Wildman–Crippen MR) is 206 cm³/mol. The van der Waals surface area contributed by atoms with Gasteiger partial charge in [-0.25, -0.2) is 9.97 Å². The third-order valence-corrected chi connectivity index (χ3v) is 11.3. The van der Waals surface area contributed by atoms with E-state index in [0.29, 0.717) is 64.9 Å². The molecule has 2 atom stereocenters. The summed E-state index contributed by atoms with van der Waals surface area (Å²) < 4.78 is 7.93. The second-order valence-electron chi connectivity index (χ2n) is 14.9. The molecule has 0 spiro atoms. The summed E-state index contributed by atoms with van der Waals surface area (Å²) in [7, 11) is 1.85. The Morgan fingerprint density at radius 2 is 1.76 bits per heavy atom. The minimum atomic E-state index is -0.556. The van der Waals surface area contributed by atoms with E-state index in [0.717, 1.165) is 54.9 Å². The molecule has 15 heteroatoms. The van der Waals surface area contributed by atoms with Crippen LogP contribution in [0, 0.1) is 6.92 Å². The Morgan fingerprint density at radius 1 is 1.02 bits per heavy atom. The van der Waals surface area contributed by atoms with E-state index in [-0.39, 0.29) is 29.5 Å². The van der Waals surface area contributed by atoms with Gasteiger partial charge in [0.2, 0.25) is 17.7 Å². The SMILES string of the molecule is Cc1nn(C)cc1-c1nc2ncc(Cl)c(Oc3ccc(C(=O)N4CCC[C@H]4C(=O)NC4(C)CCN(c5ccc([C@@H]6CCC(=O)NC6=O)cc5)CC4)cc3)c2[nH]1. The molecular formula is C40H42ClN9O5. The van der Waals surface area contributed by atoms with Crippen LogP contribution in [0.5, 0.6) is 11.5 Å². The molecule has 284 valence electrons. The van der Waals surface area contributed by atoms with Crippen molar-refractivity contribution in [2.24, 2.45) is 7.05 Å². The fraction of sp³-hybridized carbons (Fsp3) is 0.375. The van der Waals surface area contributed by atoms with Crippen molar-refractivity contribution in [3.05, 3.63) is 82.8 Å². The first kappa shape index (κ1) is 36.2. The van der Waals surface area contributed by atoms with Crippen molar-refractivity contribution in [3.63, 3.8) is 0 Å². The highest BCUT2D eigenvalue weighted by Crippen LogP contribution is 2.37. The van der Waals surface area contributed by atoms with Gasteiger partial charge in [0.1, 0.15) is 28.2 Å². The minimum Gasteiger partial charge on any atom is -0.453 e. The maximum atomic E-state index is 13.8. The van der Waals surface area contributed by atoms with Gasteiger partial charge in [-0.15, -0.1) is 0 Å². The van der Waals surface area contributed by atoms with Crippen molar-refractivity contribution in [3.8, 4) is 22.9 Å². The van der Waals surface area contributed by atoms with Crippen LogP contribution in [0.25, 0.3) is 22.6 Å². The van der Waals surface area contributed by atoms with Crippen molar-refractivity contribution in [2.75, 3.05) is 24.5 Å². The summed E-state index contributed by atoms with van der Waals surface area (Å²) in [6.45, 7) is 5.97. The van der Waals surface area contributed by atoms with Gasteiger partial charge in [-0.2, -0.15) is 5.10 Å². The van der Waals surface area contributed by atoms with Crippen molar-refractivity contribution < 1.29 is 23.9 Å². The van der Waals surface area contributed by atoms with Crippen LogP contribution in [0.1, 0.15) is 73.0 Å². The zero-order chi connectivity index (χ0) is 38.4. The van der Waals surface area contributed by atoms with E-state index in [2.05, 4.69) is 42.5 Å². The molecule has 14 nitrogen and oxygen atoms in total. The van der Waals surface area contributed by atoms with Crippen LogP contribution in [0.15, 0.2) is 60.9 Å². The lowest BCUT2D eigenvalue weighted by Crippen LogP contribution is -2.57. The molecule has 0 unspecified atom stereocenters. The average Bonchev–Trinajstić information content (AvgIpc) is 3.92. The Balaban J connectivity index is 0.881. The van der Waals surface area contributed by atoms with Gasteiger partial charge >= 0.3 is 0 Å². The minimum absolute atomic E-state index is 0.132. The maximum Gasteiger partial charge on any atom is 0.254 e. The van der Waals surface area contributed by atoms with Gasteiger partial charge in [0.15, 0.2) is 11.4 Å². The number of imide groups is 1. The van der Waals surface area contributed by atoms with Crippen molar-refractivity contribution in [1.82, 2.24) is 40.3 Å². The van der Waals surface area contributed by atoms with Gasteiger partial charge in [-0.05, 0) is 87.9 Å². The van der Waals surface area contributed by atoms with Crippen LogP contribution in [-0.4, -0.2) is 84.5 Å². The number of H-pyrrole nitrogens is 1.